The van der Waals surface area contributed by atoms with Crippen molar-refractivity contribution in [1.82, 2.24) is 4.98 Å². The summed E-state index contributed by atoms with van der Waals surface area (Å²) in [5.41, 5.74) is 0.942. The molecule has 0 atom stereocenters. The minimum Gasteiger partial charge on any atom is -0.486 e. The van der Waals surface area contributed by atoms with E-state index in [2.05, 4.69) is 10.3 Å². The zero-order valence-electron chi connectivity index (χ0n) is 14.6. The first-order valence-corrected chi connectivity index (χ1v) is 9.18. The maximum absolute atomic E-state index is 12.5. The number of anilines is 1. The number of rotatable bonds is 4. The number of carbonyl (C=O) groups excluding carboxylic acids is 1. The van der Waals surface area contributed by atoms with E-state index in [1.807, 2.05) is 0 Å². The van der Waals surface area contributed by atoms with Gasteiger partial charge >= 0.3 is 0 Å². The molecule has 3 heterocycles. The molecule has 7 nitrogen and oxygen atoms in total. The number of halogens is 1. The second-order valence-electron chi connectivity index (χ2n) is 6.25. The lowest BCUT2D eigenvalue weighted by Gasteiger charge is -2.23. The predicted molar refractivity (Wildman–Crippen MR) is 99.1 cm³/mol. The molecule has 0 aliphatic carbocycles. The minimum atomic E-state index is -0.321. The predicted octanol–water partition coefficient (Wildman–Crippen LogP) is 3.32. The molecule has 1 N–H and O–H groups in total. The van der Waals surface area contributed by atoms with Gasteiger partial charge in [-0.3, -0.25) is 4.79 Å². The Hall–Kier alpha value is -2.51. The van der Waals surface area contributed by atoms with Crippen LogP contribution in [0.5, 0.6) is 17.4 Å². The fraction of sp³-hybridized carbons (Fsp3) is 0.368. The van der Waals surface area contributed by atoms with Gasteiger partial charge in [0, 0.05) is 30.8 Å². The third kappa shape index (κ3) is 4.26. The van der Waals surface area contributed by atoms with Crippen molar-refractivity contribution in [3.05, 3.63) is 41.0 Å². The molecule has 2 aliphatic rings. The standard InChI is InChI=1S/C19H19ClN2O5/c20-15-9-12(11-21-19(15)27-14-3-5-24-6-4-14)18(23)22-13-1-2-16-17(10-13)26-8-7-25-16/h1-2,9-11,14H,3-8H2,(H,22,23). The molecule has 8 heteroatoms. The molecule has 0 unspecified atom stereocenters. The van der Waals surface area contributed by atoms with Crippen LogP contribution in [-0.2, 0) is 4.74 Å². The summed E-state index contributed by atoms with van der Waals surface area (Å²) < 4.78 is 22.1. The van der Waals surface area contributed by atoms with Crippen LogP contribution in [0.4, 0.5) is 5.69 Å². The van der Waals surface area contributed by atoms with Gasteiger partial charge in [0.05, 0.1) is 18.8 Å². The van der Waals surface area contributed by atoms with E-state index in [9.17, 15) is 4.79 Å². The van der Waals surface area contributed by atoms with Crippen LogP contribution in [-0.4, -0.2) is 43.4 Å². The second kappa shape index (κ2) is 8.02. The number of nitrogens with zero attached hydrogens (tertiary/aromatic N) is 1. The quantitative estimate of drug-likeness (QED) is 0.862. The van der Waals surface area contributed by atoms with Crippen LogP contribution >= 0.6 is 11.6 Å². The highest BCUT2D eigenvalue weighted by Gasteiger charge is 2.19. The van der Waals surface area contributed by atoms with E-state index < -0.39 is 0 Å². The van der Waals surface area contributed by atoms with Crippen molar-refractivity contribution in [3.8, 4) is 17.4 Å². The van der Waals surface area contributed by atoms with Gasteiger partial charge in [0.25, 0.3) is 5.91 Å². The van der Waals surface area contributed by atoms with Crippen LogP contribution < -0.4 is 19.5 Å². The normalized spacial score (nSPS) is 16.6. The van der Waals surface area contributed by atoms with Crippen molar-refractivity contribution in [2.45, 2.75) is 18.9 Å². The third-order valence-corrected chi connectivity index (χ3v) is 4.59. The Morgan fingerprint density at radius 1 is 1.11 bits per heavy atom. The van der Waals surface area contributed by atoms with Crippen molar-refractivity contribution < 1.29 is 23.7 Å². The molecule has 142 valence electrons. The number of hydrogen-bond acceptors (Lipinski definition) is 6. The van der Waals surface area contributed by atoms with Gasteiger partial charge < -0.3 is 24.3 Å². The summed E-state index contributed by atoms with van der Waals surface area (Å²) >= 11 is 6.26. The van der Waals surface area contributed by atoms with Crippen LogP contribution in [0.3, 0.4) is 0 Å². The van der Waals surface area contributed by atoms with Gasteiger partial charge in [0.15, 0.2) is 11.5 Å². The Bertz CT molecular complexity index is 839. The molecule has 0 bridgehead atoms. The number of aromatic nitrogens is 1. The smallest absolute Gasteiger partial charge is 0.257 e. The van der Waals surface area contributed by atoms with Gasteiger partial charge in [-0.25, -0.2) is 4.98 Å². The third-order valence-electron chi connectivity index (χ3n) is 4.32. The van der Waals surface area contributed by atoms with Crippen molar-refractivity contribution in [1.29, 1.82) is 0 Å². The van der Waals surface area contributed by atoms with Gasteiger partial charge in [-0.15, -0.1) is 0 Å². The minimum absolute atomic E-state index is 0.0288. The number of hydrogen-bond donors (Lipinski definition) is 1. The topological polar surface area (TPSA) is 78.9 Å². The number of pyridine rings is 1. The van der Waals surface area contributed by atoms with Gasteiger partial charge in [-0.1, -0.05) is 11.6 Å². The van der Waals surface area contributed by atoms with Crippen molar-refractivity contribution >= 4 is 23.2 Å². The first-order valence-electron chi connectivity index (χ1n) is 8.80. The summed E-state index contributed by atoms with van der Waals surface area (Å²) in [6, 6.07) is 6.80. The molecular weight excluding hydrogens is 372 g/mol. The summed E-state index contributed by atoms with van der Waals surface area (Å²) in [5, 5.41) is 3.11. The molecule has 27 heavy (non-hydrogen) atoms. The monoisotopic (exact) mass is 390 g/mol. The first kappa shape index (κ1) is 17.9. The molecular formula is C19H19ClN2O5. The maximum Gasteiger partial charge on any atom is 0.257 e. The van der Waals surface area contributed by atoms with E-state index >= 15 is 0 Å². The van der Waals surface area contributed by atoms with Crippen molar-refractivity contribution in [3.63, 3.8) is 0 Å². The highest BCUT2D eigenvalue weighted by molar-refractivity contribution is 6.32. The molecule has 1 aromatic heterocycles. The highest BCUT2D eigenvalue weighted by Crippen LogP contribution is 2.33. The summed E-state index contributed by atoms with van der Waals surface area (Å²) in [6.07, 6.45) is 3.07. The lowest BCUT2D eigenvalue weighted by molar-refractivity contribution is 0.0238. The van der Waals surface area contributed by atoms with Gasteiger partial charge in [0.1, 0.15) is 24.3 Å². The zero-order chi connectivity index (χ0) is 18.6. The fourth-order valence-electron chi connectivity index (χ4n) is 2.91. The van der Waals surface area contributed by atoms with Crippen LogP contribution in [0.2, 0.25) is 5.02 Å². The Balaban J connectivity index is 1.43. The van der Waals surface area contributed by atoms with Crippen LogP contribution in [0.15, 0.2) is 30.5 Å². The number of benzene rings is 1. The SMILES string of the molecule is O=C(Nc1ccc2c(c1)OCCO2)c1cnc(OC2CCOCC2)c(Cl)c1. The summed E-state index contributed by atoms with van der Waals surface area (Å²) in [7, 11) is 0. The van der Waals surface area contributed by atoms with E-state index in [0.717, 1.165) is 12.8 Å². The van der Waals surface area contributed by atoms with E-state index in [4.69, 9.17) is 30.5 Å². The number of ether oxygens (including phenoxy) is 4. The molecule has 4 rings (SSSR count). The summed E-state index contributed by atoms with van der Waals surface area (Å²) in [4.78, 5) is 16.7. The number of nitrogens with one attached hydrogen (secondary N) is 1. The first-order chi connectivity index (χ1) is 13.2. The van der Waals surface area contributed by atoms with Crippen LogP contribution in [0.25, 0.3) is 0 Å². The number of amides is 1. The average Bonchev–Trinajstić information content (AvgIpc) is 2.70. The van der Waals surface area contributed by atoms with Gasteiger partial charge in [0.2, 0.25) is 5.88 Å². The number of fused-ring (bicyclic) bond motifs is 1. The molecule has 0 radical (unpaired) electrons. The Morgan fingerprint density at radius 2 is 1.89 bits per heavy atom. The molecule has 1 saturated heterocycles. The molecule has 2 aromatic rings. The van der Waals surface area contributed by atoms with E-state index in [0.29, 0.717) is 60.1 Å². The van der Waals surface area contributed by atoms with Crippen molar-refractivity contribution in [2.24, 2.45) is 0 Å². The van der Waals surface area contributed by atoms with Crippen LogP contribution in [0.1, 0.15) is 23.2 Å². The van der Waals surface area contributed by atoms with Crippen LogP contribution in [0, 0.1) is 0 Å². The van der Waals surface area contributed by atoms with Crippen molar-refractivity contribution in [2.75, 3.05) is 31.7 Å². The van der Waals surface area contributed by atoms with E-state index in [1.54, 1.807) is 24.3 Å². The molecule has 0 spiro atoms. The Morgan fingerprint density at radius 3 is 2.67 bits per heavy atom. The lowest BCUT2D eigenvalue weighted by atomic mass is 10.1. The van der Waals surface area contributed by atoms with E-state index in [1.165, 1.54) is 6.20 Å². The second-order valence-corrected chi connectivity index (χ2v) is 6.66. The zero-order valence-corrected chi connectivity index (χ0v) is 15.3. The summed E-state index contributed by atoms with van der Waals surface area (Å²) in [5.74, 6) is 1.28. The summed E-state index contributed by atoms with van der Waals surface area (Å²) in [6.45, 7) is 2.33. The largest absolute Gasteiger partial charge is 0.486 e. The van der Waals surface area contributed by atoms with E-state index in [-0.39, 0.29) is 12.0 Å². The van der Waals surface area contributed by atoms with Gasteiger partial charge in [-0.05, 0) is 18.2 Å². The molecule has 0 saturated carbocycles. The van der Waals surface area contributed by atoms with Gasteiger partial charge in [-0.2, -0.15) is 0 Å². The number of carbonyl (C=O) groups is 1. The Labute approximate surface area is 161 Å². The fourth-order valence-corrected chi connectivity index (χ4v) is 3.12. The molecule has 2 aliphatic heterocycles. The molecule has 1 aromatic carbocycles. The molecule has 1 amide bonds. The average molecular weight is 391 g/mol. The highest BCUT2D eigenvalue weighted by atomic mass is 35.5. The molecule has 1 fully saturated rings. The maximum atomic E-state index is 12.5. The lowest BCUT2D eigenvalue weighted by Crippen LogP contribution is -2.26. The Kier molecular flexibility index (Phi) is 5.31.